The fourth-order valence-corrected chi connectivity index (χ4v) is 5.67. The topological polar surface area (TPSA) is 15.7 Å². The number of rotatable bonds is 4. The highest BCUT2D eigenvalue weighted by Crippen LogP contribution is 2.44. The molecule has 3 heteroatoms. The molecule has 0 aromatic heterocycles. The number of piperidine rings is 1. The average molecular weight is 415 g/mol. The molecule has 0 unspecified atom stereocenters. The number of benzene rings is 2. The first-order valence-electron chi connectivity index (χ1n) is 12.0. The van der Waals surface area contributed by atoms with Crippen LogP contribution < -0.4 is 4.74 Å². The summed E-state index contributed by atoms with van der Waals surface area (Å²) in [5.74, 6) is 8.28. The maximum atomic E-state index is 5.37. The van der Waals surface area contributed by atoms with Gasteiger partial charge in [0.2, 0.25) is 0 Å². The third-order valence-corrected chi connectivity index (χ3v) is 7.35. The van der Waals surface area contributed by atoms with Crippen LogP contribution in [-0.2, 0) is 0 Å². The Balaban J connectivity index is 1.36. The van der Waals surface area contributed by atoms with Crippen LogP contribution in [0.1, 0.15) is 72.7 Å². The van der Waals surface area contributed by atoms with Crippen molar-refractivity contribution in [2.45, 2.75) is 50.5 Å². The molecule has 0 aliphatic carbocycles. The zero-order chi connectivity index (χ0) is 21.0. The minimum absolute atomic E-state index is 0.427. The molecule has 2 saturated heterocycles. The van der Waals surface area contributed by atoms with E-state index in [0.717, 1.165) is 25.3 Å². The summed E-state index contributed by atoms with van der Waals surface area (Å²) in [5, 5.41) is 0. The fourth-order valence-electron chi connectivity index (χ4n) is 5.67. The molecule has 2 aromatic carbocycles. The third kappa shape index (κ3) is 4.52. The number of ether oxygens (including phenoxy) is 1. The molecule has 5 rings (SSSR count). The molecule has 0 N–H and O–H groups in total. The highest BCUT2D eigenvalue weighted by molar-refractivity contribution is 5.49. The van der Waals surface area contributed by atoms with Crippen LogP contribution in [0.25, 0.3) is 0 Å². The largest absolute Gasteiger partial charge is 0.497 e. The first-order valence-corrected chi connectivity index (χ1v) is 12.0. The van der Waals surface area contributed by atoms with Gasteiger partial charge in [0.1, 0.15) is 5.75 Å². The summed E-state index contributed by atoms with van der Waals surface area (Å²) in [4.78, 5) is 5.26. The van der Waals surface area contributed by atoms with E-state index in [1.54, 1.807) is 7.11 Å². The van der Waals surface area contributed by atoms with Gasteiger partial charge in [-0.3, -0.25) is 4.90 Å². The lowest BCUT2D eigenvalue weighted by Crippen LogP contribution is -2.34. The van der Waals surface area contributed by atoms with E-state index in [-0.39, 0.29) is 0 Å². The predicted molar refractivity (Wildman–Crippen MR) is 127 cm³/mol. The van der Waals surface area contributed by atoms with E-state index in [4.69, 9.17) is 4.74 Å². The quantitative estimate of drug-likeness (QED) is 0.639. The predicted octanol–water partition coefficient (Wildman–Crippen LogP) is 5.21. The van der Waals surface area contributed by atoms with Crippen LogP contribution in [-0.4, -0.2) is 49.6 Å². The third-order valence-electron chi connectivity index (χ3n) is 7.35. The highest BCUT2D eigenvalue weighted by Gasteiger charge is 2.36. The van der Waals surface area contributed by atoms with Gasteiger partial charge in [-0.05, 0) is 86.3 Å². The molecule has 31 heavy (non-hydrogen) atoms. The van der Waals surface area contributed by atoms with Crippen LogP contribution in [0.2, 0.25) is 0 Å². The van der Waals surface area contributed by atoms with Crippen molar-refractivity contribution in [3.63, 3.8) is 0 Å². The van der Waals surface area contributed by atoms with Crippen molar-refractivity contribution in [1.29, 1.82) is 0 Å². The van der Waals surface area contributed by atoms with E-state index in [0.29, 0.717) is 12.0 Å². The SMILES string of the molecule is COc1ccc([C@H]2CN3CCC[C@@H]3c3cc(C#CCCN4CCCCC4)ccc32)cc1. The Morgan fingerprint density at radius 3 is 2.58 bits per heavy atom. The lowest BCUT2D eigenvalue weighted by atomic mass is 9.81. The number of likely N-dealkylation sites (tertiary alicyclic amines) is 1. The van der Waals surface area contributed by atoms with E-state index in [1.807, 2.05) is 0 Å². The smallest absolute Gasteiger partial charge is 0.118 e. The summed E-state index contributed by atoms with van der Waals surface area (Å²) >= 11 is 0. The molecule has 2 fully saturated rings. The summed E-state index contributed by atoms with van der Waals surface area (Å²) in [7, 11) is 1.73. The molecule has 3 nitrogen and oxygen atoms in total. The van der Waals surface area contributed by atoms with Crippen LogP contribution in [0, 0.1) is 11.8 Å². The minimum Gasteiger partial charge on any atom is -0.497 e. The maximum absolute atomic E-state index is 5.37. The van der Waals surface area contributed by atoms with Gasteiger partial charge in [0, 0.05) is 37.0 Å². The second-order valence-electron chi connectivity index (χ2n) is 9.28. The minimum atomic E-state index is 0.427. The van der Waals surface area contributed by atoms with Gasteiger partial charge in [0.05, 0.1) is 7.11 Å². The van der Waals surface area contributed by atoms with Crippen molar-refractivity contribution in [3.05, 3.63) is 64.7 Å². The average Bonchev–Trinajstić information content (AvgIpc) is 3.31. The summed E-state index contributed by atoms with van der Waals surface area (Å²) < 4.78 is 5.37. The normalized spacial score (nSPS) is 23.5. The van der Waals surface area contributed by atoms with Crippen molar-refractivity contribution in [1.82, 2.24) is 9.80 Å². The van der Waals surface area contributed by atoms with Gasteiger partial charge in [-0.2, -0.15) is 0 Å². The molecule has 3 heterocycles. The summed E-state index contributed by atoms with van der Waals surface area (Å²) in [6.45, 7) is 5.96. The highest BCUT2D eigenvalue weighted by atomic mass is 16.5. The molecule has 3 aliphatic heterocycles. The van der Waals surface area contributed by atoms with E-state index in [1.165, 1.54) is 74.0 Å². The van der Waals surface area contributed by atoms with E-state index in [9.17, 15) is 0 Å². The molecular formula is C28H34N2O. The van der Waals surface area contributed by atoms with Crippen molar-refractivity contribution >= 4 is 0 Å². The van der Waals surface area contributed by atoms with Crippen molar-refractivity contribution < 1.29 is 4.74 Å². The summed E-state index contributed by atoms with van der Waals surface area (Å²) in [6, 6.07) is 16.2. The summed E-state index contributed by atoms with van der Waals surface area (Å²) in [6.07, 6.45) is 7.64. The molecule has 0 spiro atoms. The first-order chi connectivity index (χ1) is 15.3. The van der Waals surface area contributed by atoms with Crippen LogP contribution in [0.5, 0.6) is 5.75 Å². The Labute approximate surface area is 187 Å². The van der Waals surface area contributed by atoms with Gasteiger partial charge in [0.25, 0.3) is 0 Å². The zero-order valence-electron chi connectivity index (χ0n) is 18.8. The van der Waals surface area contributed by atoms with E-state index >= 15 is 0 Å². The molecule has 0 amide bonds. The van der Waals surface area contributed by atoms with Crippen molar-refractivity contribution in [2.24, 2.45) is 0 Å². The van der Waals surface area contributed by atoms with Crippen LogP contribution in [0.4, 0.5) is 0 Å². The second-order valence-corrected chi connectivity index (χ2v) is 9.28. The molecular weight excluding hydrogens is 380 g/mol. The lowest BCUT2D eigenvalue weighted by molar-refractivity contribution is 0.230. The standard InChI is InChI=1S/C28H34N2O/c1-31-24-13-11-23(12-14-24)27-21-30-19-7-9-28(30)26-20-22(10-15-25(26)27)8-3-6-18-29-16-4-2-5-17-29/h10-15,20,27-28H,2,4-7,9,16-19,21H2,1H3/t27-,28-/m1/s1. The molecule has 0 bridgehead atoms. The number of hydrogen-bond donors (Lipinski definition) is 0. The molecule has 0 radical (unpaired) electrons. The Morgan fingerprint density at radius 1 is 0.935 bits per heavy atom. The Bertz CT molecular complexity index is 949. The van der Waals surface area contributed by atoms with Crippen LogP contribution >= 0.6 is 0 Å². The van der Waals surface area contributed by atoms with Gasteiger partial charge in [-0.15, -0.1) is 0 Å². The Kier molecular flexibility index (Phi) is 6.30. The zero-order valence-corrected chi connectivity index (χ0v) is 18.8. The molecule has 162 valence electrons. The van der Waals surface area contributed by atoms with Gasteiger partial charge < -0.3 is 9.64 Å². The maximum Gasteiger partial charge on any atom is 0.118 e. The van der Waals surface area contributed by atoms with Crippen molar-refractivity contribution in [3.8, 4) is 17.6 Å². The molecule has 3 aliphatic rings. The van der Waals surface area contributed by atoms with Crippen molar-refractivity contribution in [2.75, 3.05) is 39.8 Å². The van der Waals surface area contributed by atoms with Crippen LogP contribution in [0.15, 0.2) is 42.5 Å². The number of methoxy groups -OCH3 is 1. The first kappa shape index (κ1) is 20.6. The number of nitrogens with zero attached hydrogens (tertiary/aromatic N) is 2. The Morgan fingerprint density at radius 2 is 1.77 bits per heavy atom. The molecule has 0 saturated carbocycles. The monoisotopic (exact) mass is 414 g/mol. The Hall–Kier alpha value is -2.28. The number of hydrogen-bond acceptors (Lipinski definition) is 3. The van der Waals surface area contributed by atoms with Crippen LogP contribution in [0.3, 0.4) is 0 Å². The van der Waals surface area contributed by atoms with E-state index in [2.05, 4.69) is 64.1 Å². The fraction of sp³-hybridized carbons (Fsp3) is 0.500. The molecule has 2 aromatic rings. The second kappa shape index (κ2) is 9.47. The molecule has 2 atom stereocenters. The van der Waals surface area contributed by atoms with Gasteiger partial charge in [-0.25, -0.2) is 0 Å². The lowest BCUT2D eigenvalue weighted by Gasteiger charge is -2.37. The van der Waals surface area contributed by atoms with Gasteiger partial charge in [0.15, 0.2) is 0 Å². The van der Waals surface area contributed by atoms with Gasteiger partial charge >= 0.3 is 0 Å². The van der Waals surface area contributed by atoms with Gasteiger partial charge in [-0.1, -0.05) is 36.5 Å². The summed E-state index contributed by atoms with van der Waals surface area (Å²) in [5.41, 5.74) is 5.56. The van der Waals surface area contributed by atoms with E-state index < -0.39 is 0 Å². The number of fused-ring (bicyclic) bond motifs is 3.